The Kier molecular flexibility index (Phi) is 3.00. The van der Waals surface area contributed by atoms with E-state index >= 15 is 0 Å². The second-order valence-electron chi connectivity index (χ2n) is 3.41. The molecule has 0 aliphatic rings. The highest BCUT2D eigenvalue weighted by Gasteiger charge is 2.02. The van der Waals surface area contributed by atoms with Crippen molar-refractivity contribution in [2.45, 2.75) is 6.92 Å². The number of hydrogen-bond donors (Lipinski definition) is 3. The maximum atomic E-state index is 9.49. The zero-order valence-electron chi connectivity index (χ0n) is 9.44. The Balaban J connectivity index is 2.29. The average Bonchev–Trinajstić information content (AvgIpc) is 2.26. The van der Waals surface area contributed by atoms with Crippen molar-refractivity contribution in [3.05, 3.63) is 24.0 Å². The zero-order chi connectivity index (χ0) is 13.1. The molecule has 0 bridgehead atoms. The molecule has 0 fully saturated rings. The number of aromatic hydroxyl groups is 2. The van der Waals surface area contributed by atoms with Gasteiger partial charge in [0, 0.05) is 6.07 Å². The highest BCUT2D eigenvalue weighted by Crippen LogP contribution is 2.30. The normalized spacial score (nSPS) is 10.9. The lowest BCUT2D eigenvalue weighted by Crippen LogP contribution is -1.98. The number of nitrogen functional groups attached to an aromatic ring is 1. The van der Waals surface area contributed by atoms with Crippen molar-refractivity contribution in [1.29, 1.82) is 0 Å². The minimum Gasteiger partial charge on any atom is -0.508 e. The Morgan fingerprint density at radius 2 is 1.89 bits per heavy atom. The van der Waals surface area contributed by atoms with Crippen molar-refractivity contribution >= 4 is 17.6 Å². The summed E-state index contributed by atoms with van der Waals surface area (Å²) in [7, 11) is 0. The first-order chi connectivity index (χ1) is 8.54. The van der Waals surface area contributed by atoms with Gasteiger partial charge in [0.1, 0.15) is 23.0 Å². The van der Waals surface area contributed by atoms with Crippen LogP contribution in [0.3, 0.4) is 0 Å². The fourth-order valence-electron chi connectivity index (χ4n) is 1.23. The third kappa shape index (κ3) is 2.67. The SMILES string of the molecule is Cc1nc(N)nc(N=Nc2ccc(O)cc2O)n1. The fraction of sp³-hybridized carbons (Fsp3) is 0.100. The molecule has 0 saturated carbocycles. The number of phenolic OH excluding ortho intramolecular Hbond substituents is 2. The molecule has 1 heterocycles. The molecule has 0 amide bonds. The summed E-state index contributed by atoms with van der Waals surface area (Å²) < 4.78 is 0. The molecule has 1 aromatic heterocycles. The van der Waals surface area contributed by atoms with Gasteiger partial charge in [-0.05, 0) is 19.1 Å². The van der Waals surface area contributed by atoms with Crippen LogP contribution in [-0.2, 0) is 0 Å². The molecule has 0 radical (unpaired) electrons. The van der Waals surface area contributed by atoms with E-state index in [4.69, 9.17) is 10.8 Å². The summed E-state index contributed by atoms with van der Waals surface area (Å²) in [6.07, 6.45) is 0. The van der Waals surface area contributed by atoms with Gasteiger partial charge in [-0.15, -0.1) is 10.2 Å². The van der Waals surface area contributed by atoms with E-state index in [1.165, 1.54) is 12.1 Å². The van der Waals surface area contributed by atoms with Crippen molar-refractivity contribution in [3.63, 3.8) is 0 Å². The second kappa shape index (κ2) is 4.62. The smallest absolute Gasteiger partial charge is 0.273 e. The molecule has 1 aromatic carbocycles. The van der Waals surface area contributed by atoms with Crippen LogP contribution in [0.2, 0.25) is 0 Å². The van der Waals surface area contributed by atoms with Gasteiger partial charge in [0.15, 0.2) is 0 Å². The van der Waals surface area contributed by atoms with Gasteiger partial charge in [-0.1, -0.05) is 0 Å². The summed E-state index contributed by atoms with van der Waals surface area (Å²) in [5, 5.41) is 26.1. The number of azo groups is 1. The number of nitrogens with zero attached hydrogens (tertiary/aromatic N) is 5. The second-order valence-corrected chi connectivity index (χ2v) is 3.41. The topological polar surface area (TPSA) is 130 Å². The first-order valence-corrected chi connectivity index (χ1v) is 4.96. The maximum Gasteiger partial charge on any atom is 0.273 e. The van der Waals surface area contributed by atoms with Crippen molar-refractivity contribution in [2.24, 2.45) is 10.2 Å². The molecular formula is C10H10N6O2. The van der Waals surface area contributed by atoms with Crippen LogP contribution in [0.5, 0.6) is 11.5 Å². The van der Waals surface area contributed by atoms with E-state index in [0.29, 0.717) is 5.82 Å². The summed E-state index contributed by atoms with van der Waals surface area (Å²) in [4.78, 5) is 11.5. The van der Waals surface area contributed by atoms with Crippen molar-refractivity contribution < 1.29 is 10.2 Å². The molecule has 2 rings (SSSR count). The number of aryl methyl sites for hydroxylation is 1. The fourth-order valence-corrected chi connectivity index (χ4v) is 1.23. The number of aromatic nitrogens is 3. The molecule has 0 aliphatic carbocycles. The van der Waals surface area contributed by atoms with Gasteiger partial charge < -0.3 is 15.9 Å². The van der Waals surface area contributed by atoms with E-state index in [2.05, 4.69) is 25.2 Å². The molecule has 4 N–H and O–H groups in total. The van der Waals surface area contributed by atoms with Crippen molar-refractivity contribution in [2.75, 3.05) is 5.73 Å². The summed E-state index contributed by atoms with van der Waals surface area (Å²) in [6.45, 7) is 1.65. The van der Waals surface area contributed by atoms with Crippen LogP contribution in [0.4, 0.5) is 17.6 Å². The van der Waals surface area contributed by atoms with E-state index < -0.39 is 0 Å². The van der Waals surface area contributed by atoms with Gasteiger partial charge in [0.05, 0.1) is 0 Å². The van der Waals surface area contributed by atoms with Crippen LogP contribution in [0.15, 0.2) is 28.4 Å². The highest BCUT2D eigenvalue weighted by molar-refractivity contribution is 5.53. The van der Waals surface area contributed by atoms with Crippen LogP contribution in [0, 0.1) is 6.92 Å². The Labute approximate surface area is 102 Å². The number of benzene rings is 1. The first-order valence-electron chi connectivity index (χ1n) is 4.96. The molecular weight excluding hydrogens is 236 g/mol. The van der Waals surface area contributed by atoms with E-state index in [9.17, 15) is 5.11 Å². The molecule has 8 nitrogen and oxygen atoms in total. The Morgan fingerprint density at radius 3 is 2.56 bits per heavy atom. The van der Waals surface area contributed by atoms with Gasteiger partial charge in [-0.2, -0.15) is 15.0 Å². The quantitative estimate of drug-likeness (QED) is 0.689. The van der Waals surface area contributed by atoms with E-state index in [0.717, 1.165) is 6.07 Å². The number of anilines is 1. The summed E-state index contributed by atoms with van der Waals surface area (Å²) in [5.41, 5.74) is 5.62. The lowest BCUT2D eigenvalue weighted by atomic mass is 10.3. The van der Waals surface area contributed by atoms with Crippen molar-refractivity contribution in [3.8, 4) is 11.5 Å². The third-order valence-corrected chi connectivity index (χ3v) is 1.96. The van der Waals surface area contributed by atoms with Crippen LogP contribution in [0.1, 0.15) is 5.82 Å². The van der Waals surface area contributed by atoms with Crippen LogP contribution < -0.4 is 5.73 Å². The zero-order valence-corrected chi connectivity index (χ0v) is 9.44. The van der Waals surface area contributed by atoms with E-state index in [1.807, 2.05) is 0 Å². The van der Waals surface area contributed by atoms with Gasteiger partial charge >= 0.3 is 0 Å². The van der Waals surface area contributed by atoms with Gasteiger partial charge in [0.25, 0.3) is 5.95 Å². The molecule has 0 saturated heterocycles. The van der Waals surface area contributed by atoms with E-state index in [1.54, 1.807) is 6.92 Å². The van der Waals surface area contributed by atoms with Gasteiger partial charge in [-0.3, -0.25) is 0 Å². The average molecular weight is 246 g/mol. The predicted molar refractivity (Wildman–Crippen MR) is 62.9 cm³/mol. The molecule has 0 aliphatic heterocycles. The minimum absolute atomic E-state index is 0.0476. The predicted octanol–water partition coefficient (Wildman–Crippen LogP) is 1.59. The van der Waals surface area contributed by atoms with Crippen LogP contribution >= 0.6 is 0 Å². The molecule has 2 aromatic rings. The van der Waals surface area contributed by atoms with Crippen LogP contribution in [-0.4, -0.2) is 25.2 Å². The van der Waals surface area contributed by atoms with Crippen molar-refractivity contribution in [1.82, 2.24) is 15.0 Å². The number of hydrogen-bond acceptors (Lipinski definition) is 8. The molecule has 0 unspecified atom stereocenters. The molecule has 92 valence electrons. The molecule has 0 atom stereocenters. The minimum atomic E-state index is -0.197. The standard InChI is InChI=1S/C10H10N6O2/c1-5-12-9(11)14-10(13-5)16-15-7-3-2-6(17)4-8(7)18/h2-4,17-18H,1H3,(H2,11,12,13,14). The monoisotopic (exact) mass is 246 g/mol. The highest BCUT2D eigenvalue weighted by atomic mass is 16.3. The number of nitrogens with two attached hydrogens (primary N) is 1. The van der Waals surface area contributed by atoms with Crippen LogP contribution in [0.25, 0.3) is 0 Å². The molecule has 0 spiro atoms. The maximum absolute atomic E-state index is 9.49. The summed E-state index contributed by atoms with van der Waals surface area (Å²) >= 11 is 0. The van der Waals surface area contributed by atoms with E-state index in [-0.39, 0.29) is 29.1 Å². The van der Waals surface area contributed by atoms with Gasteiger partial charge in [-0.25, -0.2) is 0 Å². The third-order valence-electron chi connectivity index (χ3n) is 1.96. The molecule has 18 heavy (non-hydrogen) atoms. The number of phenols is 2. The largest absolute Gasteiger partial charge is 0.508 e. The summed E-state index contributed by atoms with van der Waals surface area (Å²) in [5.74, 6) is 0.259. The lowest BCUT2D eigenvalue weighted by Gasteiger charge is -1.98. The molecule has 8 heteroatoms. The van der Waals surface area contributed by atoms with Gasteiger partial charge in [0.2, 0.25) is 5.95 Å². The number of rotatable bonds is 2. The Bertz CT molecular complexity index is 593. The first kappa shape index (κ1) is 11.7. The Morgan fingerprint density at radius 1 is 1.11 bits per heavy atom. The lowest BCUT2D eigenvalue weighted by molar-refractivity contribution is 0.451. The Hall–Kier alpha value is -2.77. The summed E-state index contributed by atoms with van der Waals surface area (Å²) in [6, 6.07) is 3.94.